The number of carboxylic acid groups (broad SMARTS) is 1. The Bertz CT molecular complexity index is 271. The van der Waals surface area contributed by atoms with E-state index >= 15 is 0 Å². The summed E-state index contributed by atoms with van der Waals surface area (Å²) in [7, 11) is -2.32. The summed E-state index contributed by atoms with van der Waals surface area (Å²) < 4.78 is 0. The highest BCUT2D eigenvalue weighted by atomic mass is 31.2. The van der Waals surface area contributed by atoms with Crippen LogP contribution in [0.15, 0.2) is 0 Å². The van der Waals surface area contributed by atoms with Gasteiger partial charge in [-0.1, -0.05) is 0 Å². The first kappa shape index (κ1) is 11.5. The quantitative estimate of drug-likeness (QED) is 0.543. The molecule has 0 aliphatic carbocycles. The van der Waals surface area contributed by atoms with Gasteiger partial charge in [0.15, 0.2) is 7.49 Å². The van der Waals surface area contributed by atoms with Gasteiger partial charge >= 0.3 is 5.97 Å². The van der Waals surface area contributed by atoms with E-state index in [1.807, 2.05) is 0 Å². The maximum absolute atomic E-state index is 11.0. The average Bonchev–Trinajstić information content (AvgIpc) is 2.14. The van der Waals surface area contributed by atoms with Crippen LogP contribution in [0.25, 0.3) is 0 Å². The Balaban J connectivity index is 2.82. The van der Waals surface area contributed by atoms with Crippen LogP contribution >= 0.6 is 7.49 Å². The predicted octanol–water partition coefficient (Wildman–Crippen LogP) is 1.57. The fourth-order valence-electron chi connectivity index (χ4n) is 1.84. The monoisotopic (exact) mass is 215 g/mol. The van der Waals surface area contributed by atoms with Gasteiger partial charge < -0.3 is 5.11 Å². The summed E-state index contributed by atoms with van der Waals surface area (Å²) >= 11 is 0. The first-order valence-corrected chi connectivity index (χ1v) is 7.03. The van der Waals surface area contributed by atoms with Crippen molar-refractivity contribution in [1.29, 1.82) is 0 Å². The van der Waals surface area contributed by atoms with E-state index in [1.165, 1.54) is 0 Å². The molecule has 14 heavy (non-hydrogen) atoms. The van der Waals surface area contributed by atoms with Crippen LogP contribution < -0.4 is 0 Å². The zero-order chi connectivity index (χ0) is 10.6. The Morgan fingerprint density at radius 3 is 2.36 bits per heavy atom. The van der Waals surface area contributed by atoms with E-state index in [4.69, 9.17) is 5.11 Å². The van der Waals surface area contributed by atoms with Crippen molar-refractivity contribution in [1.82, 2.24) is 0 Å². The fourth-order valence-corrected chi connectivity index (χ4v) is 4.91. The van der Waals surface area contributed by atoms with Gasteiger partial charge in [-0.05, 0) is 32.1 Å². The number of hydrogen-bond acceptors (Lipinski definition) is 2. The fraction of sp³-hybridized carbons (Fsp3) is 0.700. The summed E-state index contributed by atoms with van der Waals surface area (Å²) in [5, 5.41) is 8.99. The lowest BCUT2D eigenvalue weighted by Gasteiger charge is -2.26. The predicted molar refractivity (Wildman–Crippen MR) is 57.6 cm³/mol. The molecule has 1 aliphatic rings. The normalized spacial score (nSPS) is 21.9. The number of carbonyl (C=O) groups is 1. The number of carboxylic acids is 1. The molecule has 1 saturated heterocycles. The standard InChI is InChI=1S/C10H15O3P/c1-2-6-9(10(11)12)14(13)7-4-3-5-8-14/h9,13H,3-5,7-8H2,1H3/p+1. The van der Waals surface area contributed by atoms with Crippen LogP contribution in [-0.2, 0) is 4.79 Å². The summed E-state index contributed by atoms with van der Waals surface area (Å²) in [6.45, 7) is 1.62. The molecule has 0 amide bonds. The van der Waals surface area contributed by atoms with Gasteiger partial charge in [0.2, 0.25) is 0 Å². The second-order valence-corrected chi connectivity index (χ2v) is 7.02. The van der Waals surface area contributed by atoms with Crippen LogP contribution in [0.2, 0.25) is 0 Å². The summed E-state index contributed by atoms with van der Waals surface area (Å²) in [6, 6.07) is 0. The molecule has 1 unspecified atom stereocenters. The Morgan fingerprint density at radius 1 is 1.36 bits per heavy atom. The third-order valence-corrected chi connectivity index (χ3v) is 6.08. The van der Waals surface area contributed by atoms with Crippen LogP contribution in [0.4, 0.5) is 0 Å². The molecule has 1 fully saturated rings. The van der Waals surface area contributed by atoms with Gasteiger partial charge in [0.1, 0.15) is 0 Å². The molecule has 1 aliphatic heterocycles. The van der Waals surface area contributed by atoms with Crippen LogP contribution in [0, 0.1) is 11.8 Å². The van der Waals surface area contributed by atoms with Crippen LogP contribution in [0.5, 0.6) is 0 Å². The summed E-state index contributed by atoms with van der Waals surface area (Å²) in [5.41, 5.74) is -0.812. The molecule has 1 atom stereocenters. The van der Waals surface area contributed by atoms with Crippen molar-refractivity contribution in [2.75, 3.05) is 12.3 Å². The van der Waals surface area contributed by atoms with Crippen molar-refractivity contribution in [2.24, 2.45) is 0 Å². The number of rotatable bonds is 2. The SMILES string of the molecule is CC#CC(C(=O)O)[P+]1(O)CCCCC1. The highest BCUT2D eigenvalue weighted by Crippen LogP contribution is 2.62. The average molecular weight is 215 g/mol. The van der Waals surface area contributed by atoms with E-state index < -0.39 is 19.1 Å². The van der Waals surface area contributed by atoms with Crippen molar-refractivity contribution in [2.45, 2.75) is 31.8 Å². The molecule has 0 bridgehead atoms. The lowest BCUT2D eigenvalue weighted by atomic mass is 10.3. The first-order chi connectivity index (χ1) is 6.60. The van der Waals surface area contributed by atoms with Gasteiger partial charge in [0.05, 0.1) is 12.3 Å². The maximum atomic E-state index is 11.0. The van der Waals surface area contributed by atoms with Crippen molar-refractivity contribution in [3.05, 3.63) is 0 Å². The van der Waals surface area contributed by atoms with Crippen molar-refractivity contribution < 1.29 is 14.8 Å². The van der Waals surface area contributed by atoms with Gasteiger partial charge in [-0.25, -0.2) is 9.69 Å². The molecule has 0 aromatic rings. The minimum atomic E-state index is -2.32. The largest absolute Gasteiger partial charge is 0.477 e. The maximum Gasteiger partial charge on any atom is 0.360 e. The third kappa shape index (κ3) is 2.47. The van der Waals surface area contributed by atoms with Crippen molar-refractivity contribution in [3.8, 4) is 11.8 Å². The molecule has 3 nitrogen and oxygen atoms in total. The van der Waals surface area contributed by atoms with Crippen LogP contribution in [-0.4, -0.2) is 34.0 Å². The zero-order valence-corrected chi connectivity index (χ0v) is 9.26. The Kier molecular flexibility index (Phi) is 3.92. The van der Waals surface area contributed by atoms with Crippen LogP contribution in [0.3, 0.4) is 0 Å². The van der Waals surface area contributed by atoms with Crippen molar-refractivity contribution in [3.63, 3.8) is 0 Å². The Labute approximate surface area is 84.9 Å². The lowest BCUT2D eigenvalue weighted by molar-refractivity contribution is -0.135. The molecular weight excluding hydrogens is 199 g/mol. The number of hydrogen-bond donors (Lipinski definition) is 2. The Morgan fingerprint density at radius 2 is 1.93 bits per heavy atom. The first-order valence-electron chi connectivity index (χ1n) is 4.85. The molecule has 0 radical (unpaired) electrons. The van der Waals surface area contributed by atoms with E-state index in [9.17, 15) is 9.69 Å². The second kappa shape index (κ2) is 4.77. The molecule has 1 rings (SSSR count). The van der Waals surface area contributed by atoms with E-state index in [0.29, 0.717) is 12.3 Å². The van der Waals surface area contributed by atoms with Gasteiger partial charge in [-0.2, -0.15) is 0 Å². The van der Waals surface area contributed by atoms with E-state index in [2.05, 4.69) is 11.8 Å². The van der Waals surface area contributed by atoms with Gasteiger partial charge in [-0.15, -0.1) is 5.92 Å². The highest BCUT2D eigenvalue weighted by Gasteiger charge is 2.49. The van der Waals surface area contributed by atoms with Gasteiger partial charge in [0, 0.05) is 0 Å². The third-order valence-electron chi connectivity index (χ3n) is 2.59. The smallest absolute Gasteiger partial charge is 0.360 e. The topological polar surface area (TPSA) is 57.5 Å². The minimum absolute atomic E-state index is 0.665. The molecule has 78 valence electrons. The van der Waals surface area contributed by atoms with Gasteiger partial charge in [-0.3, -0.25) is 0 Å². The minimum Gasteiger partial charge on any atom is -0.477 e. The van der Waals surface area contributed by atoms with E-state index in [1.54, 1.807) is 6.92 Å². The molecular formula is C10H16O3P+. The molecule has 4 heteroatoms. The summed E-state index contributed by atoms with van der Waals surface area (Å²) in [6.07, 6.45) is 4.32. The summed E-state index contributed by atoms with van der Waals surface area (Å²) in [5.74, 6) is 4.29. The molecule has 0 aromatic heterocycles. The lowest BCUT2D eigenvalue weighted by Crippen LogP contribution is -2.27. The molecule has 0 saturated carbocycles. The van der Waals surface area contributed by atoms with Gasteiger partial charge in [0.25, 0.3) is 5.66 Å². The van der Waals surface area contributed by atoms with E-state index in [-0.39, 0.29) is 0 Å². The molecule has 0 spiro atoms. The second-order valence-electron chi connectivity index (χ2n) is 3.63. The zero-order valence-electron chi connectivity index (χ0n) is 8.36. The van der Waals surface area contributed by atoms with Crippen molar-refractivity contribution >= 4 is 13.5 Å². The van der Waals surface area contributed by atoms with E-state index in [0.717, 1.165) is 19.3 Å². The molecule has 0 aromatic carbocycles. The Hall–Kier alpha value is -0.580. The highest BCUT2D eigenvalue weighted by molar-refractivity contribution is 7.72. The number of aliphatic carboxylic acids is 1. The molecule has 1 heterocycles. The summed E-state index contributed by atoms with van der Waals surface area (Å²) in [4.78, 5) is 21.2. The van der Waals surface area contributed by atoms with Crippen LogP contribution in [0.1, 0.15) is 26.2 Å². The molecule has 2 N–H and O–H groups in total.